The number of halogens is 1. The average molecular weight is 483 g/mol. The maximum Gasteiger partial charge on any atom is 0.297 e. The number of anilines is 1. The van der Waals surface area contributed by atoms with Crippen LogP contribution in [0.1, 0.15) is 38.3 Å². The van der Waals surface area contributed by atoms with Gasteiger partial charge in [-0.25, -0.2) is 4.98 Å². The Bertz CT molecular complexity index is 1470. The van der Waals surface area contributed by atoms with E-state index in [-0.39, 0.29) is 16.8 Å². The van der Waals surface area contributed by atoms with Crippen LogP contribution in [0, 0.1) is 13.8 Å². The summed E-state index contributed by atoms with van der Waals surface area (Å²) in [5.41, 5.74) is 1.72. The smallest absolute Gasteiger partial charge is 0.297 e. The Morgan fingerprint density at radius 2 is 1.82 bits per heavy atom. The molecule has 5 rings (SSSR count). The van der Waals surface area contributed by atoms with Gasteiger partial charge in [-0.1, -0.05) is 17.7 Å². The van der Waals surface area contributed by atoms with Crippen molar-refractivity contribution < 1.29 is 18.7 Å². The van der Waals surface area contributed by atoms with E-state index < -0.39 is 11.9 Å². The monoisotopic (exact) mass is 482 g/mol. The van der Waals surface area contributed by atoms with Gasteiger partial charge in [-0.2, -0.15) is 0 Å². The van der Waals surface area contributed by atoms with Gasteiger partial charge < -0.3 is 13.9 Å². The largest absolute Gasteiger partial charge is 0.493 e. The lowest BCUT2D eigenvalue weighted by Crippen LogP contribution is -2.29. The molecule has 0 aliphatic carbocycles. The first-order valence-corrected chi connectivity index (χ1v) is 11.3. The molecule has 0 radical (unpaired) electrons. The van der Waals surface area contributed by atoms with Crippen LogP contribution in [0.25, 0.3) is 11.0 Å². The molecule has 9 heteroatoms. The van der Waals surface area contributed by atoms with E-state index in [4.69, 9.17) is 25.5 Å². The van der Waals surface area contributed by atoms with E-state index in [0.29, 0.717) is 38.2 Å². The first kappa shape index (κ1) is 21.5. The Kier molecular flexibility index (Phi) is 5.14. The zero-order valence-corrected chi connectivity index (χ0v) is 19.8. The van der Waals surface area contributed by atoms with Crippen LogP contribution < -0.4 is 19.8 Å². The Morgan fingerprint density at radius 1 is 1.06 bits per heavy atom. The molecule has 0 saturated carbocycles. The quantitative estimate of drug-likeness (QED) is 0.393. The molecule has 7 nitrogen and oxygen atoms in total. The number of carbonyl (C=O) groups excluding carboxylic acids is 1. The van der Waals surface area contributed by atoms with Gasteiger partial charge in [0.15, 0.2) is 22.1 Å². The molecule has 0 saturated heterocycles. The number of methoxy groups -OCH3 is 2. The van der Waals surface area contributed by atoms with E-state index in [9.17, 15) is 9.59 Å². The van der Waals surface area contributed by atoms with Gasteiger partial charge in [0.25, 0.3) is 5.91 Å². The molecule has 0 spiro atoms. The SMILES string of the molecule is COc1ccc([C@@H]2c3c(oc4ccc(Cl)cc4c3=O)C(=O)N2c2nc(C)c(C)s2)cc1OC. The predicted molar refractivity (Wildman–Crippen MR) is 127 cm³/mol. The lowest BCUT2D eigenvalue weighted by molar-refractivity contribution is 0.0971. The molecule has 1 aliphatic heterocycles. The number of hydrogen-bond donors (Lipinski definition) is 0. The second kappa shape index (κ2) is 7.90. The van der Waals surface area contributed by atoms with Crippen LogP contribution in [0.2, 0.25) is 5.02 Å². The van der Waals surface area contributed by atoms with Crippen LogP contribution in [0.4, 0.5) is 5.13 Å². The summed E-state index contributed by atoms with van der Waals surface area (Å²) in [6.45, 7) is 3.82. The van der Waals surface area contributed by atoms with Crippen molar-refractivity contribution in [1.29, 1.82) is 0 Å². The molecule has 0 fully saturated rings. The van der Waals surface area contributed by atoms with Crippen molar-refractivity contribution in [2.45, 2.75) is 19.9 Å². The number of rotatable bonds is 4. The zero-order chi connectivity index (χ0) is 23.4. The topological polar surface area (TPSA) is 81.9 Å². The summed E-state index contributed by atoms with van der Waals surface area (Å²) in [4.78, 5) is 34.4. The average Bonchev–Trinajstić information content (AvgIpc) is 3.29. The van der Waals surface area contributed by atoms with E-state index >= 15 is 0 Å². The number of nitrogens with zero attached hydrogens (tertiary/aromatic N) is 2. The highest BCUT2D eigenvalue weighted by Gasteiger charge is 2.45. The number of aromatic nitrogens is 1. The van der Waals surface area contributed by atoms with E-state index in [1.165, 1.54) is 23.3 Å². The highest BCUT2D eigenvalue weighted by molar-refractivity contribution is 7.15. The number of ether oxygens (including phenoxy) is 2. The van der Waals surface area contributed by atoms with E-state index in [1.807, 2.05) is 13.8 Å². The lowest BCUT2D eigenvalue weighted by atomic mass is 9.98. The zero-order valence-electron chi connectivity index (χ0n) is 18.3. The Morgan fingerprint density at radius 3 is 2.48 bits per heavy atom. The minimum absolute atomic E-state index is 0.000105. The number of fused-ring (bicyclic) bond motifs is 2. The molecule has 1 amide bonds. The van der Waals surface area contributed by atoms with Crippen molar-refractivity contribution in [3.8, 4) is 11.5 Å². The van der Waals surface area contributed by atoms with Crippen LogP contribution in [0.5, 0.6) is 11.5 Å². The van der Waals surface area contributed by atoms with Gasteiger partial charge in [0.1, 0.15) is 5.58 Å². The second-order valence-electron chi connectivity index (χ2n) is 7.64. The molecular formula is C24H19ClN2O5S. The summed E-state index contributed by atoms with van der Waals surface area (Å²) >= 11 is 7.53. The minimum atomic E-state index is -0.753. The van der Waals surface area contributed by atoms with Crippen LogP contribution >= 0.6 is 22.9 Å². The fourth-order valence-electron chi connectivity index (χ4n) is 4.04. The third-order valence-electron chi connectivity index (χ3n) is 5.78. The standard InChI is InChI=1S/C24H19ClN2O5S/c1-11-12(2)33-24(26-11)27-20(13-5-7-17(30-3)18(9-13)31-4)19-21(28)15-10-14(25)6-8-16(15)32-22(19)23(27)29/h5-10,20H,1-4H3/t20-/m1/s1. The first-order chi connectivity index (χ1) is 15.8. The van der Waals surface area contributed by atoms with Crippen LogP contribution in [-0.4, -0.2) is 25.1 Å². The number of carbonyl (C=O) groups is 1. The normalized spacial score (nSPS) is 15.2. The van der Waals surface area contributed by atoms with Crippen LogP contribution in [0.3, 0.4) is 0 Å². The van der Waals surface area contributed by atoms with Crippen molar-refractivity contribution in [3.63, 3.8) is 0 Å². The highest BCUT2D eigenvalue weighted by atomic mass is 35.5. The van der Waals surface area contributed by atoms with E-state index in [1.54, 1.807) is 43.5 Å². The van der Waals surface area contributed by atoms with Crippen molar-refractivity contribution in [3.05, 3.63) is 79.1 Å². The Labute approximate surface area is 198 Å². The minimum Gasteiger partial charge on any atom is -0.493 e. The molecule has 2 aromatic heterocycles. The third kappa shape index (κ3) is 3.29. The number of thiazole rings is 1. The van der Waals surface area contributed by atoms with Gasteiger partial charge in [0.05, 0.1) is 36.9 Å². The first-order valence-electron chi connectivity index (χ1n) is 10.1. The highest BCUT2D eigenvalue weighted by Crippen LogP contribution is 2.44. The van der Waals surface area contributed by atoms with Gasteiger partial charge in [0, 0.05) is 9.90 Å². The number of amides is 1. The fourth-order valence-corrected chi connectivity index (χ4v) is 5.15. The van der Waals surface area contributed by atoms with Crippen LogP contribution in [0.15, 0.2) is 45.6 Å². The maximum absolute atomic E-state index is 13.7. The maximum atomic E-state index is 13.7. The van der Waals surface area contributed by atoms with Gasteiger partial charge in [0.2, 0.25) is 5.76 Å². The van der Waals surface area contributed by atoms with Gasteiger partial charge in [-0.3, -0.25) is 14.5 Å². The number of hydrogen-bond acceptors (Lipinski definition) is 7. The molecule has 4 aromatic rings. The van der Waals surface area contributed by atoms with Gasteiger partial charge in [-0.05, 0) is 49.7 Å². The summed E-state index contributed by atoms with van der Waals surface area (Å²) in [6, 6.07) is 9.32. The van der Waals surface area contributed by atoms with Crippen LogP contribution in [-0.2, 0) is 0 Å². The van der Waals surface area contributed by atoms with E-state index in [0.717, 1.165) is 10.6 Å². The Balaban J connectivity index is 1.82. The van der Waals surface area contributed by atoms with E-state index in [2.05, 4.69) is 4.98 Å². The molecule has 0 N–H and O–H groups in total. The van der Waals surface area contributed by atoms with Crippen molar-refractivity contribution in [2.24, 2.45) is 0 Å². The summed E-state index contributed by atoms with van der Waals surface area (Å²) in [7, 11) is 3.08. The predicted octanol–water partition coefficient (Wildman–Crippen LogP) is 5.29. The third-order valence-corrected chi connectivity index (χ3v) is 7.09. The van der Waals surface area contributed by atoms with Gasteiger partial charge in [-0.15, -0.1) is 11.3 Å². The molecule has 168 valence electrons. The fraction of sp³-hybridized carbons (Fsp3) is 0.208. The molecule has 2 aromatic carbocycles. The number of aryl methyl sites for hydroxylation is 2. The second-order valence-corrected chi connectivity index (χ2v) is 9.26. The molecule has 0 bridgehead atoms. The molecule has 33 heavy (non-hydrogen) atoms. The molecular weight excluding hydrogens is 464 g/mol. The summed E-state index contributed by atoms with van der Waals surface area (Å²) in [5.74, 6) is 0.596. The molecule has 0 unspecified atom stereocenters. The molecule has 1 aliphatic rings. The number of benzene rings is 2. The summed E-state index contributed by atoms with van der Waals surface area (Å²) in [6.07, 6.45) is 0. The molecule has 3 heterocycles. The lowest BCUT2D eigenvalue weighted by Gasteiger charge is -2.23. The Hall–Kier alpha value is -3.36. The summed E-state index contributed by atoms with van der Waals surface area (Å²) < 4.78 is 16.8. The molecule has 1 atom stereocenters. The van der Waals surface area contributed by atoms with Crippen molar-refractivity contribution in [1.82, 2.24) is 4.98 Å². The van der Waals surface area contributed by atoms with Crippen molar-refractivity contribution >= 4 is 44.9 Å². The van der Waals surface area contributed by atoms with Gasteiger partial charge >= 0.3 is 0 Å². The summed E-state index contributed by atoms with van der Waals surface area (Å²) in [5, 5.41) is 1.21. The van der Waals surface area contributed by atoms with Crippen molar-refractivity contribution in [2.75, 3.05) is 19.1 Å².